The number of hydrogen-bond donors (Lipinski definition) is 3. The van der Waals surface area contributed by atoms with Crippen LogP contribution in [-0.2, 0) is 33.2 Å². The lowest BCUT2D eigenvalue weighted by Crippen LogP contribution is -2.53. The lowest BCUT2D eigenvalue weighted by Gasteiger charge is -2.43. The lowest BCUT2D eigenvalue weighted by atomic mass is 9.89. The van der Waals surface area contributed by atoms with E-state index in [-0.39, 0.29) is 29.9 Å². The third-order valence-corrected chi connectivity index (χ3v) is 15.0. The summed E-state index contributed by atoms with van der Waals surface area (Å²) in [7, 11) is -1.45. The predicted octanol–water partition coefficient (Wildman–Crippen LogP) is 8.74. The summed E-state index contributed by atoms with van der Waals surface area (Å²) in [5, 5.41) is 9.41. The number of pyridine rings is 1. The summed E-state index contributed by atoms with van der Waals surface area (Å²) in [5.74, 6) is -2.43. The van der Waals surface area contributed by atoms with Gasteiger partial charge < -0.3 is 29.7 Å². The zero-order chi connectivity index (χ0) is 47.8. The molecule has 0 saturated carbocycles. The van der Waals surface area contributed by atoms with E-state index in [0.717, 1.165) is 75.8 Å². The van der Waals surface area contributed by atoms with Crippen molar-refractivity contribution in [1.82, 2.24) is 30.1 Å². The van der Waals surface area contributed by atoms with Crippen LogP contribution in [0.1, 0.15) is 60.9 Å². The Morgan fingerprint density at radius 1 is 0.910 bits per heavy atom. The van der Waals surface area contributed by atoms with Gasteiger partial charge in [-0.3, -0.25) is 19.8 Å². The van der Waals surface area contributed by atoms with Crippen LogP contribution >= 0.6 is 23.1 Å². The van der Waals surface area contributed by atoms with Gasteiger partial charge in [0.05, 0.1) is 34.4 Å². The molecule has 3 aromatic carbocycles. The van der Waals surface area contributed by atoms with Crippen molar-refractivity contribution < 1.29 is 40.8 Å². The van der Waals surface area contributed by atoms with E-state index in [4.69, 9.17) is 9.72 Å². The van der Waals surface area contributed by atoms with Gasteiger partial charge in [0.2, 0.25) is 17.8 Å². The van der Waals surface area contributed by atoms with Gasteiger partial charge in [0.15, 0.2) is 0 Å². The van der Waals surface area contributed by atoms with Crippen LogP contribution in [0.5, 0.6) is 5.75 Å². The maximum atomic E-state index is 15.1. The van der Waals surface area contributed by atoms with E-state index >= 15 is 8.78 Å². The Morgan fingerprint density at radius 2 is 1.63 bits per heavy atom. The van der Waals surface area contributed by atoms with E-state index in [2.05, 4.69) is 63.5 Å². The smallest absolute Gasteiger partial charge is 0.433 e. The van der Waals surface area contributed by atoms with Crippen LogP contribution in [0, 0.1) is 11.6 Å². The molecule has 13 nitrogen and oxygen atoms in total. The Balaban J connectivity index is 0.880. The average molecular weight is 1010 g/mol. The standard InChI is InChI=1S/C47H52BrF5N9O4P/c1-5-28-24-37(57-46-54-26-32(48)44(59-46)56-36-9-8-35-30(43(36)67(3,4)65)6-10-40(55-35)47(51,52)53)39(66-2)25-38(28)62-16-13-29(14-17-62)61-20-18-60(19-21-61)15-12-27-22-33(49)42(34(50)23-27)31-7-11-41(63)58-45(31)64/h6,8-10,22-26,29,31H,5,7,11-21H2,1-4H3,(H,58,63,64)(H2,54,56,57,59). The molecule has 2 amide bonds. The molecule has 356 valence electrons. The number of fused-ring (bicyclic) bond motifs is 1. The zero-order valence-corrected chi connectivity index (χ0v) is 40.1. The largest absolute Gasteiger partial charge is 0.494 e. The molecule has 3 saturated heterocycles. The Bertz CT molecular complexity index is 2720. The van der Waals surface area contributed by atoms with Gasteiger partial charge in [0.1, 0.15) is 36.0 Å². The molecule has 1 unspecified atom stereocenters. The van der Waals surface area contributed by atoms with Gasteiger partial charge in [-0.05, 0) is 115 Å². The average Bonchev–Trinajstić information content (AvgIpc) is 3.29. The van der Waals surface area contributed by atoms with Crippen LogP contribution in [0.2, 0.25) is 0 Å². The summed E-state index contributed by atoms with van der Waals surface area (Å²) >= 11 is 3.51. The number of methoxy groups -OCH3 is 1. The van der Waals surface area contributed by atoms with E-state index in [1.165, 1.54) is 24.3 Å². The van der Waals surface area contributed by atoms with Gasteiger partial charge in [-0.15, -0.1) is 0 Å². The number of hydrogen-bond acceptors (Lipinski definition) is 12. The van der Waals surface area contributed by atoms with Crippen molar-refractivity contribution in [2.24, 2.45) is 0 Å². The summed E-state index contributed by atoms with van der Waals surface area (Å²) in [5.41, 5.74) is 2.59. The first-order valence-corrected chi connectivity index (χ1v) is 25.7. The number of anilines is 5. The number of halogens is 6. The molecule has 0 bridgehead atoms. The second kappa shape index (κ2) is 19.8. The number of benzene rings is 3. The monoisotopic (exact) mass is 1010 g/mol. The highest BCUT2D eigenvalue weighted by Gasteiger charge is 2.35. The number of piperidine rings is 2. The van der Waals surface area contributed by atoms with Crippen molar-refractivity contribution in [1.29, 1.82) is 0 Å². The first kappa shape index (κ1) is 48.2. The minimum Gasteiger partial charge on any atom is -0.494 e. The minimum absolute atomic E-state index is 0.0482. The molecule has 5 heterocycles. The SMILES string of the molecule is CCc1cc(Nc2ncc(Br)c(Nc3ccc4nc(C(F)(F)F)ccc4c3P(C)(C)=O)n2)c(OC)cc1N1CCC(N2CCN(CCc3cc(F)c(C4CCC(=O)NC4=O)c(F)c3)CC2)CC1. The molecule has 20 heteroatoms. The van der Waals surface area contributed by atoms with Gasteiger partial charge in [-0.1, -0.05) is 6.92 Å². The molecule has 0 radical (unpaired) electrons. The van der Waals surface area contributed by atoms with Crippen molar-refractivity contribution in [3.8, 4) is 5.75 Å². The summed E-state index contributed by atoms with van der Waals surface area (Å²) in [4.78, 5) is 44.1. The Hall–Kier alpha value is -5.23. The van der Waals surface area contributed by atoms with Crippen molar-refractivity contribution in [2.75, 3.05) is 81.8 Å². The first-order valence-electron chi connectivity index (χ1n) is 22.3. The molecule has 2 aromatic heterocycles. The van der Waals surface area contributed by atoms with Crippen molar-refractivity contribution in [3.05, 3.63) is 93.2 Å². The highest BCUT2D eigenvalue weighted by Crippen LogP contribution is 2.43. The molecule has 3 fully saturated rings. The van der Waals surface area contributed by atoms with Gasteiger partial charge >= 0.3 is 6.18 Å². The molecule has 3 aliphatic heterocycles. The number of aryl methyl sites for hydroxylation is 1. The number of rotatable bonds is 13. The summed E-state index contributed by atoms with van der Waals surface area (Å²) in [6.45, 7) is 11.1. The molecule has 67 heavy (non-hydrogen) atoms. The Morgan fingerprint density at radius 3 is 2.27 bits per heavy atom. The van der Waals surface area contributed by atoms with Crippen molar-refractivity contribution in [3.63, 3.8) is 0 Å². The molecule has 0 spiro atoms. The topological polar surface area (TPSA) is 145 Å². The van der Waals surface area contributed by atoms with Gasteiger partial charge in [-0.2, -0.15) is 18.2 Å². The minimum atomic E-state index is -4.62. The molecule has 3 N–H and O–H groups in total. The summed E-state index contributed by atoms with van der Waals surface area (Å²) in [6, 6.07) is 12.3. The predicted molar refractivity (Wildman–Crippen MR) is 253 cm³/mol. The van der Waals surface area contributed by atoms with Crippen molar-refractivity contribution in [2.45, 2.75) is 63.6 Å². The number of carbonyl (C=O) groups is 2. The first-order chi connectivity index (χ1) is 31.9. The Labute approximate surface area is 393 Å². The summed E-state index contributed by atoms with van der Waals surface area (Å²) < 4.78 is 90.6. The number of nitrogens with one attached hydrogen (secondary N) is 3. The van der Waals surface area contributed by atoms with E-state index in [9.17, 15) is 27.3 Å². The van der Waals surface area contributed by atoms with E-state index < -0.39 is 48.4 Å². The fraction of sp³-hybridized carbons (Fsp3) is 0.426. The number of piperazine rings is 1. The van der Waals surface area contributed by atoms with Crippen LogP contribution in [0.4, 0.5) is 50.8 Å². The third-order valence-electron chi connectivity index (χ3n) is 12.9. The third kappa shape index (κ3) is 10.7. The highest BCUT2D eigenvalue weighted by atomic mass is 79.9. The number of imide groups is 1. The van der Waals surface area contributed by atoms with Crippen molar-refractivity contribution >= 4 is 79.9 Å². The van der Waals surface area contributed by atoms with Crippen LogP contribution in [0.3, 0.4) is 0 Å². The van der Waals surface area contributed by atoms with Gasteiger partial charge in [0, 0.05) is 92.5 Å². The van der Waals surface area contributed by atoms with Crippen LogP contribution in [-0.4, -0.2) is 109 Å². The highest BCUT2D eigenvalue weighted by molar-refractivity contribution is 9.10. The normalized spacial score (nSPS) is 18.1. The van der Waals surface area contributed by atoms with E-state index in [0.29, 0.717) is 62.7 Å². The fourth-order valence-corrected chi connectivity index (χ4v) is 11.2. The second-order valence-corrected chi connectivity index (χ2v) is 21.6. The second-order valence-electron chi connectivity index (χ2n) is 17.6. The number of ether oxygens (including phenoxy) is 1. The maximum Gasteiger partial charge on any atom is 0.433 e. The summed E-state index contributed by atoms with van der Waals surface area (Å²) in [6.07, 6.45) is 0.283. The molecule has 0 aliphatic carbocycles. The number of alkyl halides is 3. The zero-order valence-electron chi connectivity index (χ0n) is 37.6. The molecular formula is C47H52BrF5N9O4P. The van der Waals surface area contributed by atoms with E-state index in [1.54, 1.807) is 32.7 Å². The van der Waals surface area contributed by atoms with Gasteiger partial charge in [0.25, 0.3) is 0 Å². The molecular weight excluding hydrogens is 960 g/mol. The quantitative estimate of drug-likeness (QED) is 0.0590. The lowest BCUT2D eigenvalue weighted by molar-refractivity contribution is -0.141. The molecule has 5 aromatic rings. The van der Waals surface area contributed by atoms with Gasteiger partial charge in [-0.25, -0.2) is 18.7 Å². The maximum absolute atomic E-state index is 15.1. The van der Waals surface area contributed by atoms with Crippen LogP contribution in [0.25, 0.3) is 10.9 Å². The fourth-order valence-electron chi connectivity index (χ4n) is 9.44. The van der Waals surface area contributed by atoms with Crippen LogP contribution in [0.15, 0.2) is 59.2 Å². The number of nitrogens with zero attached hydrogens (tertiary/aromatic N) is 6. The van der Waals surface area contributed by atoms with E-state index in [1.807, 2.05) is 12.1 Å². The number of amides is 2. The molecule has 3 aliphatic rings. The van der Waals surface area contributed by atoms with Crippen LogP contribution < -0.4 is 30.9 Å². The Kier molecular flexibility index (Phi) is 14.2. The number of aromatic nitrogens is 3. The number of carbonyl (C=O) groups excluding carboxylic acids is 2. The molecule has 8 rings (SSSR count). The molecule has 1 atom stereocenters.